The molecule has 0 saturated carbocycles. The molecular formula is C15H21N3O2S. The predicted octanol–water partition coefficient (Wildman–Crippen LogP) is 3.61. The molecule has 114 valence electrons. The molecule has 0 atom stereocenters. The highest BCUT2D eigenvalue weighted by Crippen LogP contribution is 2.33. The second-order valence-electron chi connectivity index (χ2n) is 4.48. The third kappa shape index (κ3) is 3.32. The van der Waals surface area contributed by atoms with Crippen molar-refractivity contribution in [3.63, 3.8) is 0 Å². The molecule has 0 saturated heterocycles. The van der Waals surface area contributed by atoms with Crippen LogP contribution in [0.25, 0.3) is 10.7 Å². The van der Waals surface area contributed by atoms with Crippen LogP contribution in [-0.4, -0.2) is 27.8 Å². The van der Waals surface area contributed by atoms with Crippen LogP contribution < -0.4 is 0 Å². The van der Waals surface area contributed by atoms with E-state index < -0.39 is 0 Å². The van der Waals surface area contributed by atoms with Gasteiger partial charge in [0.1, 0.15) is 16.3 Å². The fourth-order valence-electron chi connectivity index (χ4n) is 2.27. The highest BCUT2D eigenvalue weighted by atomic mass is 32.1. The molecule has 0 radical (unpaired) electrons. The maximum absolute atomic E-state index is 11.8. The van der Waals surface area contributed by atoms with E-state index in [1.807, 2.05) is 13.8 Å². The van der Waals surface area contributed by atoms with Gasteiger partial charge < -0.3 is 4.74 Å². The van der Waals surface area contributed by atoms with Crippen molar-refractivity contribution >= 4 is 17.3 Å². The largest absolute Gasteiger partial charge is 0.462 e. The number of rotatable bonds is 3. The maximum atomic E-state index is 11.8. The van der Waals surface area contributed by atoms with E-state index in [4.69, 9.17) is 4.74 Å². The number of nitrogens with zero attached hydrogens (tertiary/aromatic N) is 2. The zero-order chi connectivity index (χ0) is 15.2. The van der Waals surface area contributed by atoms with Crippen LogP contribution in [0.5, 0.6) is 0 Å². The number of thiazole rings is 1. The van der Waals surface area contributed by atoms with Gasteiger partial charge in [0.05, 0.1) is 18.5 Å². The minimum absolute atomic E-state index is 0.348. The number of carbonyl (C=O) groups excluding carboxylic acids is 1. The van der Waals surface area contributed by atoms with Gasteiger partial charge in [0.25, 0.3) is 0 Å². The van der Waals surface area contributed by atoms with Crippen LogP contribution >= 0.6 is 11.3 Å². The van der Waals surface area contributed by atoms with Crippen molar-refractivity contribution in [2.75, 3.05) is 6.61 Å². The minimum atomic E-state index is -0.348. The lowest BCUT2D eigenvalue weighted by atomic mass is 10.0. The molecule has 21 heavy (non-hydrogen) atoms. The highest BCUT2D eigenvalue weighted by Gasteiger charge is 2.22. The Morgan fingerprint density at radius 1 is 1.38 bits per heavy atom. The zero-order valence-corrected chi connectivity index (χ0v) is 13.5. The highest BCUT2D eigenvalue weighted by molar-refractivity contribution is 7.15. The van der Waals surface area contributed by atoms with E-state index in [2.05, 4.69) is 15.2 Å². The second-order valence-corrected chi connectivity index (χ2v) is 5.56. The topological polar surface area (TPSA) is 67.9 Å². The van der Waals surface area contributed by atoms with E-state index in [1.54, 1.807) is 18.3 Å². The van der Waals surface area contributed by atoms with E-state index in [-0.39, 0.29) is 5.97 Å². The summed E-state index contributed by atoms with van der Waals surface area (Å²) in [6.45, 7) is 6.15. The molecule has 0 unspecified atom stereocenters. The van der Waals surface area contributed by atoms with Crippen LogP contribution in [0.15, 0.2) is 6.20 Å². The standard InChI is InChI=1S/C13H15N3O2S.C2H6/c1-2-18-13(17)8-7-14-16-11(8)12-15-9-5-3-4-6-10(9)19-12;1-2/h7H,2-6H2,1H3,(H,14,16);1-2H3. The molecule has 2 aromatic rings. The fourth-order valence-corrected chi connectivity index (χ4v) is 3.43. The Labute approximate surface area is 128 Å². The Morgan fingerprint density at radius 3 is 2.86 bits per heavy atom. The van der Waals surface area contributed by atoms with Gasteiger partial charge in [-0.1, -0.05) is 13.8 Å². The normalized spacial score (nSPS) is 13.1. The molecule has 0 amide bonds. The van der Waals surface area contributed by atoms with Crippen molar-refractivity contribution in [2.24, 2.45) is 0 Å². The van der Waals surface area contributed by atoms with Crippen molar-refractivity contribution in [3.05, 3.63) is 22.3 Å². The zero-order valence-electron chi connectivity index (χ0n) is 12.7. The smallest absolute Gasteiger partial charge is 0.342 e. The van der Waals surface area contributed by atoms with Gasteiger partial charge in [0.15, 0.2) is 0 Å². The number of hydrogen-bond acceptors (Lipinski definition) is 5. The summed E-state index contributed by atoms with van der Waals surface area (Å²) in [5.74, 6) is -0.348. The Balaban J connectivity index is 0.000000774. The molecule has 1 aliphatic carbocycles. The average molecular weight is 307 g/mol. The van der Waals surface area contributed by atoms with Gasteiger partial charge >= 0.3 is 5.97 Å². The Kier molecular flexibility index (Phi) is 5.50. The molecule has 0 bridgehead atoms. The van der Waals surface area contributed by atoms with Gasteiger partial charge in [0, 0.05) is 4.88 Å². The molecule has 0 spiro atoms. The molecular weight excluding hydrogens is 286 g/mol. The van der Waals surface area contributed by atoms with Crippen LogP contribution in [0.2, 0.25) is 0 Å². The number of carbonyl (C=O) groups is 1. The summed E-state index contributed by atoms with van der Waals surface area (Å²) < 4.78 is 5.03. The summed E-state index contributed by atoms with van der Waals surface area (Å²) in [6.07, 6.45) is 6.06. The summed E-state index contributed by atoms with van der Waals surface area (Å²) in [6, 6.07) is 0. The molecule has 1 N–H and O–H groups in total. The van der Waals surface area contributed by atoms with Gasteiger partial charge in [-0.3, -0.25) is 5.10 Å². The van der Waals surface area contributed by atoms with Crippen molar-refractivity contribution < 1.29 is 9.53 Å². The molecule has 3 rings (SSSR count). The summed E-state index contributed by atoms with van der Waals surface area (Å²) in [5.41, 5.74) is 2.32. The van der Waals surface area contributed by atoms with E-state index in [1.165, 1.54) is 29.6 Å². The van der Waals surface area contributed by atoms with E-state index in [9.17, 15) is 4.79 Å². The number of esters is 1. The molecule has 0 aliphatic heterocycles. The maximum Gasteiger partial charge on any atom is 0.342 e. The SMILES string of the molecule is CC.CCOC(=O)c1cn[nH]c1-c1nc2c(s1)CCCC2. The van der Waals surface area contributed by atoms with Gasteiger partial charge in [-0.25, -0.2) is 9.78 Å². The third-order valence-corrected chi connectivity index (χ3v) is 4.37. The van der Waals surface area contributed by atoms with E-state index in [0.29, 0.717) is 17.9 Å². The first kappa shape index (κ1) is 15.7. The van der Waals surface area contributed by atoms with Crippen molar-refractivity contribution in [1.82, 2.24) is 15.2 Å². The lowest BCUT2D eigenvalue weighted by Crippen LogP contribution is -2.04. The summed E-state index contributed by atoms with van der Waals surface area (Å²) in [7, 11) is 0. The van der Waals surface area contributed by atoms with Crippen LogP contribution in [-0.2, 0) is 17.6 Å². The first-order valence-electron chi connectivity index (χ1n) is 7.49. The fraction of sp³-hybridized carbons (Fsp3) is 0.533. The molecule has 0 aromatic carbocycles. The second kappa shape index (κ2) is 7.36. The number of nitrogens with one attached hydrogen (secondary N) is 1. The first-order chi connectivity index (χ1) is 10.3. The van der Waals surface area contributed by atoms with E-state index >= 15 is 0 Å². The number of fused-ring (bicyclic) bond motifs is 1. The number of aromatic amines is 1. The molecule has 2 aromatic heterocycles. The average Bonchev–Trinajstić information content (AvgIpc) is 3.15. The summed E-state index contributed by atoms with van der Waals surface area (Å²) in [4.78, 5) is 17.8. The number of aromatic nitrogens is 3. The van der Waals surface area contributed by atoms with Gasteiger partial charge in [0.2, 0.25) is 0 Å². The van der Waals surface area contributed by atoms with Gasteiger partial charge in [-0.15, -0.1) is 11.3 Å². The first-order valence-corrected chi connectivity index (χ1v) is 8.30. The van der Waals surface area contributed by atoms with Gasteiger partial charge in [-0.05, 0) is 32.6 Å². The Hall–Kier alpha value is -1.69. The third-order valence-electron chi connectivity index (χ3n) is 3.19. The van der Waals surface area contributed by atoms with Crippen LogP contribution in [0.3, 0.4) is 0 Å². The summed E-state index contributed by atoms with van der Waals surface area (Å²) >= 11 is 1.65. The number of aryl methyl sites for hydroxylation is 2. The number of H-pyrrole nitrogens is 1. The summed E-state index contributed by atoms with van der Waals surface area (Å²) in [5, 5.41) is 7.66. The van der Waals surface area contributed by atoms with Crippen LogP contribution in [0.4, 0.5) is 0 Å². The molecule has 6 heteroatoms. The number of ether oxygens (including phenoxy) is 1. The van der Waals surface area contributed by atoms with Crippen LogP contribution in [0.1, 0.15) is 54.5 Å². The van der Waals surface area contributed by atoms with Crippen molar-refractivity contribution in [3.8, 4) is 10.7 Å². The molecule has 1 aliphatic rings. The molecule has 5 nitrogen and oxygen atoms in total. The van der Waals surface area contributed by atoms with Crippen molar-refractivity contribution in [1.29, 1.82) is 0 Å². The Morgan fingerprint density at radius 2 is 2.14 bits per heavy atom. The number of hydrogen-bond donors (Lipinski definition) is 1. The van der Waals surface area contributed by atoms with E-state index in [0.717, 1.165) is 17.8 Å². The van der Waals surface area contributed by atoms with Crippen LogP contribution in [0, 0.1) is 0 Å². The van der Waals surface area contributed by atoms with Gasteiger partial charge in [-0.2, -0.15) is 5.10 Å². The predicted molar refractivity (Wildman–Crippen MR) is 83.6 cm³/mol. The van der Waals surface area contributed by atoms with Crippen molar-refractivity contribution in [2.45, 2.75) is 46.5 Å². The Bertz CT molecular complexity index is 580. The monoisotopic (exact) mass is 307 g/mol. The lowest BCUT2D eigenvalue weighted by molar-refractivity contribution is 0.0527. The molecule has 0 fully saturated rings. The lowest BCUT2D eigenvalue weighted by Gasteiger charge is -2.06. The minimum Gasteiger partial charge on any atom is -0.462 e. The quantitative estimate of drug-likeness (QED) is 0.879. The molecule has 2 heterocycles.